The molecule has 0 aliphatic rings. The summed E-state index contributed by atoms with van der Waals surface area (Å²) in [5.74, 6) is 0.213. The number of fused-ring (bicyclic) bond motifs is 1. The second-order valence-electron chi connectivity index (χ2n) is 3.28. The van der Waals surface area contributed by atoms with Gasteiger partial charge in [0.25, 0.3) is 5.56 Å². The van der Waals surface area contributed by atoms with Crippen LogP contribution in [0.1, 0.15) is 5.69 Å². The van der Waals surface area contributed by atoms with Gasteiger partial charge in [0.15, 0.2) is 0 Å². The van der Waals surface area contributed by atoms with E-state index in [-0.39, 0.29) is 23.7 Å². The van der Waals surface area contributed by atoms with E-state index in [4.69, 9.17) is 9.79 Å². The Morgan fingerprint density at radius 1 is 1.44 bits per heavy atom. The van der Waals surface area contributed by atoms with Crippen molar-refractivity contribution in [1.29, 1.82) is 0 Å². The Balaban J connectivity index is 0.00000162. The Hall–Kier alpha value is -0.430. The molecule has 0 saturated carbocycles. The summed E-state index contributed by atoms with van der Waals surface area (Å²) in [4.78, 5) is 34.1. The summed E-state index contributed by atoms with van der Waals surface area (Å²) in [6.07, 6.45) is 1.63. The predicted octanol–water partition coefficient (Wildman–Crippen LogP) is 1.56. The number of pyridine rings is 1. The summed E-state index contributed by atoms with van der Waals surface area (Å²) in [6, 6.07) is 6.60. The molecular weight excluding hydrogens is 315 g/mol. The maximum Gasteiger partial charge on any atom is 0.258 e. The zero-order valence-corrected chi connectivity index (χ0v) is 12.3. The van der Waals surface area contributed by atoms with Crippen LogP contribution >= 0.6 is 29.5 Å². The third kappa shape index (κ3) is 4.05. The highest BCUT2D eigenvalue weighted by molar-refractivity contribution is 8.67. The molecule has 0 saturated heterocycles. The van der Waals surface area contributed by atoms with Gasteiger partial charge < -0.3 is 9.79 Å². The van der Waals surface area contributed by atoms with Crippen molar-refractivity contribution in [3.63, 3.8) is 0 Å². The van der Waals surface area contributed by atoms with Crippen LogP contribution in [0.2, 0.25) is 0 Å². The topological polar surface area (TPSA) is 74.8 Å². The standard InChI is InChI=1S/C9H9N2O3PS2.ClH/c12-9-5-7(6-17-15(13,14)16)10-8-3-1-2-4-11(8)9;/h1-5H,6H2,(H2,13,14,16);1H. The Kier molecular flexibility index (Phi) is 5.33. The molecule has 2 N–H and O–H groups in total. The lowest BCUT2D eigenvalue weighted by Crippen LogP contribution is -2.14. The number of halogens is 1. The van der Waals surface area contributed by atoms with Crippen LogP contribution in [0.15, 0.2) is 35.3 Å². The molecule has 5 nitrogen and oxygen atoms in total. The van der Waals surface area contributed by atoms with Gasteiger partial charge in [0.05, 0.1) is 5.69 Å². The summed E-state index contributed by atoms with van der Waals surface area (Å²) in [6.45, 7) is 0. The minimum atomic E-state index is -3.31. The summed E-state index contributed by atoms with van der Waals surface area (Å²) < 4.78 is 1.42. The van der Waals surface area contributed by atoms with E-state index in [1.165, 1.54) is 10.5 Å². The second-order valence-corrected chi connectivity index (χ2v) is 9.33. The van der Waals surface area contributed by atoms with Gasteiger partial charge in [-0.3, -0.25) is 9.20 Å². The molecule has 0 spiro atoms. The Morgan fingerprint density at radius 3 is 2.83 bits per heavy atom. The first-order valence-corrected chi connectivity index (χ1v) is 8.93. The van der Waals surface area contributed by atoms with Crippen molar-refractivity contribution in [3.05, 3.63) is 46.5 Å². The summed E-state index contributed by atoms with van der Waals surface area (Å²) in [7, 11) is 0. The molecule has 0 amide bonds. The van der Waals surface area contributed by atoms with E-state index in [1.807, 2.05) is 0 Å². The first-order valence-electron chi connectivity index (χ1n) is 4.63. The lowest BCUT2D eigenvalue weighted by molar-refractivity contribution is 0.502. The molecule has 2 rings (SSSR count). The normalized spacial score (nSPS) is 11.2. The van der Waals surface area contributed by atoms with Crippen LogP contribution in [0.25, 0.3) is 5.65 Å². The molecule has 0 unspecified atom stereocenters. The number of hydrogen-bond donors (Lipinski definition) is 2. The third-order valence-corrected chi connectivity index (χ3v) is 5.11. The Morgan fingerprint density at radius 2 is 2.17 bits per heavy atom. The van der Waals surface area contributed by atoms with Crippen LogP contribution < -0.4 is 5.56 Å². The van der Waals surface area contributed by atoms with Crippen LogP contribution in [0, 0.1) is 0 Å². The van der Waals surface area contributed by atoms with Gasteiger partial charge in [-0.15, -0.1) is 12.4 Å². The maximum absolute atomic E-state index is 11.7. The molecule has 2 heterocycles. The average molecular weight is 325 g/mol. The van der Waals surface area contributed by atoms with Crippen LogP contribution in [0.3, 0.4) is 0 Å². The van der Waals surface area contributed by atoms with Crippen LogP contribution in [-0.2, 0) is 17.6 Å². The van der Waals surface area contributed by atoms with Crippen LogP contribution in [0.5, 0.6) is 0 Å². The fourth-order valence-corrected chi connectivity index (χ4v) is 3.15. The molecule has 0 aliphatic heterocycles. The van der Waals surface area contributed by atoms with Crippen molar-refractivity contribution in [3.8, 4) is 0 Å². The van der Waals surface area contributed by atoms with Crippen LogP contribution in [-0.4, -0.2) is 19.2 Å². The van der Waals surface area contributed by atoms with E-state index < -0.39 is 5.69 Å². The van der Waals surface area contributed by atoms with Gasteiger partial charge >= 0.3 is 0 Å². The van der Waals surface area contributed by atoms with Crippen LogP contribution in [0.4, 0.5) is 0 Å². The first-order chi connectivity index (χ1) is 7.96. The third-order valence-electron chi connectivity index (χ3n) is 2.00. The molecule has 0 aromatic carbocycles. The van der Waals surface area contributed by atoms with E-state index in [0.29, 0.717) is 11.3 Å². The van der Waals surface area contributed by atoms with Crippen molar-refractivity contribution in [2.75, 3.05) is 0 Å². The monoisotopic (exact) mass is 324 g/mol. The quantitative estimate of drug-likeness (QED) is 0.835. The SMILES string of the molecule is Cl.O=c1cc(CSP(O)(O)=S)nc2ccccn12. The molecule has 0 radical (unpaired) electrons. The fourth-order valence-electron chi connectivity index (χ4n) is 1.33. The van der Waals surface area contributed by atoms with E-state index in [9.17, 15) is 4.79 Å². The summed E-state index contributed by atoms with van der Waals surface area (Å²) >= 11 is 5.32. The molecule has 2 aromatic heterocycles. The second kappa shape index (κ2) is 6.14. The van der Waals surface area contributed by atoms with Crippen molar-refractivity contribution in [1.82, 2.24) is 9.38 Å². The number of nitrogens with zero attached hydrogens (tertiary/aromatic N) is 2. The summed E-state index contributed by atoms with van der Waals surface area (Å²) in [5, 5.41) is 0. The highest BCUT2D eigenvalue weighted by Gasteiger charge is 2.10. The lowest BCUT2D eigenvalue weighted by atomic mass is 10.4. The van der Waals surface area contributed by atoms with Gasteiger partial charge in [-0.25, -0.2) is 4.98 Å². The predicted molar refractivity (Wildman–Crippen MR) is 78.7 cm³/mol. The fraction of sp³-hybridized carbons (Fsp3) is 0.111. The maximum atomic E-state index is 11.7. The number of aromatic nitrogens is 2. The highest BCUT2D eigenvalue weighted by Crippen LogP contribution is 2.51. The molecule has 0 aliphatic carbocycles. The van der Waals surface area contributed by atoms with Gasteiger partial charge in [-0.1, -0.05) is 17.4 Å². The molecule has 0 fully saturated rings. The van der Waals surface area contributed by atoms with Crippen molar-refractivity contribution >= 4 is 46.9 Å². The van der Waals surface area contributed by atoms with E-state index in [1.54, 1.807) is 24.4 Å². The van der Waals surface area contributed by atoms with Gasteiger partial charge in [0.1, 0.15) is 5.65 Å². The number of hydrogen-bond acceptors (Lipinski definition) is 4. The number of rotatable bonds is 3. The van der Waals surface area contributed by atoms with Gasteiger partial charge in [-0.2, -0.15) is 0 Å². The summed E-state index contributed by atoms with van der Waals surface area (Å²) in [5.41, 5.74) is -2.49. The minimum absolute atomic E-state index is 0. The zero-order valence-electron chi connectivity index (χ0n) is 8.96. The largest absolute Gasteiger partial charge is 0.338 e. The lowest BCUT2D eigenvalue weighted by Gasteiger charge is -2.06. The smallest absolute Gasteiger partial charge is 0.258 e. The van der Waals surface area contributed by atoms with E-state index in [0.717, 1.165) is 11.4 Å². The average Bonchev–Trinajstić information content (AvgIpc) is 2.26. The minimum Gasteiger partial charge on any atom is -0.338 e. The van der Waals surface area contributed by atoms with E-state index >= 15 is 0 Å². The van der Waals surface area contributed by atoms with Gasteiger partial charge in [0.2, 0.25) is 5.69 Å². The van der Waals surface area contributed by atoms with Gasteiger partial charge in [0, 0.05) is 18.0 Å². The highest BCUT2D eigenvalue weighted by atomic mass is 35.5. The molecule has 98 valence electrons. The van der Waals surface area contributed by atoms with Gasteiger partial charge in [-0.05, 0) is 23.9 Å². The van der Waals surface area contributed by atoms with Crippen molar-refractivity contribution < 1.29 is 9.79 Å². The first kappa shape index (κ1) is 15.6. The molecule has 0 atom stereocenters. The molecule has 9 heteroatoms. The van der Waals surface area contributed by atoms with Crippen molar-refractivity contribution in [2.45, 2.75) is 5.75 Å². The van der Waals surface area contributed by atoms with Crippen molar-refractivity contribution in [2.24, 2.45) is 0 Å². The Bertz CT molecular complexity index is 658. The molecule has 0 bridgehead atoms. The van der Waals surface area contributed by atoms with E-state index in [2.05, 4.69) is 16.8 Å². The Labute approximate surface area is 118 Å². The molecule has 2 aromatic rings. The molecular formula is C9H10ClN2O3PS2. The molecule has 18 heavy (non-hydrogen) atoms. The zero-order chi connectivity index (χ0) is 12.5.